The number of ether oxygens (including phenoxy) is 9. The molecule has 0 aliphatic carbocycles. The van der Waals surface area contributed by atoms with Crippen LogP contribution in [0.25, 0.3) is 0 Å². The summed E-state index contributed by atoms with van der Waals surface area (Å²) >= 11 is 0. The van der Waals surface area contributed by atoms with E-state index in [4.69, 9.17) is 47.7 Å². The smallest absolute Gasteiger partial charge is 0.208 e. The SMILES string of the molecule is C=CCCOCCCOCC(O)COCC(O)COCCOC(C)(F)CCOC(C)(NC)C(C)(F)COC(C)(C)CCOCC(O)COCCO. The number of aliphatic hydroxyl groups is 4. The summed E-state index contributed by atoms with van der Waals surface area (Å²) in [5.41, 5.74) is -4.28. The van der Waals surface area contributed by atoms with Gasteiger partial charge < -0.3 is 63.1 Å². The van der Waals surface area contributed by atoms with Crippen LogP contribution in [0.4, 0.5) is 8.78 Å². The molecule has 0 aromatic heterocycles. The van der Waals surface area contributed by atoms with Gasteiger partial charge in [-0.05, 0) is 60.9 Å². The first-order valence-electron chi connectivity index (χ1n) is 17.7. The van der Waals surface area contributed by atoms with Crippen molar-refractivity contribution in [3.05, 3.63) is 12.7 Å². The summed E-state index contributed by atoms with van der Waals surface area (Å²) in [6.07, 6.45) is 0.925. The van der Waals surface area contributed by atoms with Crippen LogP contribution in [0, 0.1) is 0 Å². The number of halogens is 2. The lowest BCUT2D eigenvalue weighted by molar-refractivity contribution is -0.204. The Labute approximate surface area is 304 Å². The highest BCUT2D eigenvalue weighted by atomic mass is 19.2. The second-order valence-electron chi connectivity index (χ2n) is 13.4. The normalized spacial score (nSPS) is 17.7. The summed E-state index contributed by atoms with van der Waals surface area (Å²) in [6, 6.07) is 0. The van der Waals surface area contributed by atoms with Crippen molar-refractivity contribution in [2.24, 2.45) is 0 Å². The molecule has 6 atom stereocenters. The van der Waals surface area contributed by atoms with Crippen LogP contribution < -0.4 is 5.32 Å². The summed E-state index contributed by atoms with van der Waals surface area (Å²) in [7, 11) is 1.54. The average Bonchev–Trinajstić information content (AvgIpc) is 3.06. The van der Waals surface area contributed by atoms with Crippen LogP contribution in [0.2, 0.25) is 0 Å². The minimum Gasteiger partial charge on any atom is -0.394 e. The van der Waals surface area contributed by atoms with Gasteiger partial charge in [-0.1, -0.05) is 6.08 Å². The molecular formula is C35H69F2NO13. The lowest BCUT2D eigenvalue weighted by atomic mass is 9.95. The summed E-state index contributed by atoms with van der Waals surface area (Å²) < 4.78 is 79.8. The predicted molar refractivity (Wildman–Crippen MR) is 187 cm³/mol. The highest BCUT2D eigenvalue weighted by Crippen LogP contribution is 2.31. The third kappa shape index (κ3) is 26.5. The predicted octanol–water partition coefficient (Wildman–Crippen LogP) is 2.09. The van der Waals surface area contributed by atoms with Crippen LogP contribution >= 0.6 is 0 Å². The Hall–Kier alpha value is -0.960. The van der Waals surface area contributed by atoms with Crippen LogP contribution in [0.15, 0.2) is 12.7 Å². The van der Waals surface area contributed by atoms with Gasteiger partial charge in [0.25, 0.3) is 0 Å². The fraction of sp³-hybridized carbons (Fsp3) is 0.943. The van der Waals surface area contributed by atoms with Crippen molar-refractivity contribution in [3.8, 4) is 0 Å². The van der Waals surface area contributed by atoms with Crippen molar-refractivity contribution in [2.75, 3.05) is 113 Å². The first kappa shape index (κ1) is 50.0. The minimum absolute atomic E-state index is 0.00962. The lowest BCUT2D eigenvalue weighted by Crippen LogP contribution is -2.60. The first-order chi connectivity index (χ1) is 24.0. The maximum Gasteiger partial charge on any atom is 0.208 e. The van der Waals surface area contributed by atoms with E-state index < -0.39 is 41.2 Å². The van der Waals surface area contributed by atoms with Gasteiger partial charge in [-0.3, -0.25) is 5.32 Å². The standard InChI is InChI=1S/C35H69F2NO13/c1-8-9-14-43-15-10-16-44-22-30(41)26-48-27-31(42)25-47-20-21-49-34(5,37)12-18-50-35(6,38-7)33(4,36)28-51-32(2,3)11-17-45-23-29(40)24-46-19-13-39/h8,29-31,38-42H,1,9-28H2,2-7H3. The summed E-state index contributed by atoms with van der Waals surface area (Å²) in [5.74, 6) is -2.08. The molecule has 0 rings (SSSR count). The Balaban J connectivity index is 4.24. The van der Waals surface area contributed by atoms with Gasteiger partial charge in [0.1, 0.15) is 18.3 Å². The largest absolute Gasteiger partial charge is 0.394 e. The van der Waals surface area contributed by atoms with E-state index in [0.717, 1.165) is 6.42 Å². The van der Waals surface area contributed by atoms with Gasteiger partial charge in [-0.25, -0.2) is 8.78 Å². The van der Waals surface area contributed by atoms with E-state index in [-0.39, 0.29) is 92.3 Å². The molecule has 0 saturated heterocycles. The van der Waals surface area contributed by atoms with E-state index in [0.29, 0.717) is 32.7 Å². The molecule has 51 heavy (non-hydrogen) atoms. The van der Waals surface area contributed by atoms with Crippen LogP contribution in [0.3, 0.4) is 0 Å². The van der Waals surface area contributed by atoms with Crippen LogP contribution in [-0.4, -0.2) is 174 Å². The minimum atomic E-state index is -2.08. The summed E-state index contributed by atoms with van der Waals surface area (Å²) in [5, 5.41) is 41.3. The highest BCUT2D eigenvalue weighted by molar-refractivity contribution is 4.94. The molecule has 0 aliphatic rings. The van der Waals surface area contributed by atoms with E-state index in [9.17, 15) is 15.3 Å². The molecule has 0 aromatic rings. The average molecular weight is 750 g/mol. The second-order valence-corrected chi connectivity index (χ2v) is 13.4. The lowest BCUT2D eigenvalue weighted by Gasteiger charge is -2.42. The Bertz CT molecular complexity index is 844. The quantitative estimate of drug-likeness (QED) is 0.0355. The molecule has 0 fully saturated rings. The topological polar surface area (TPSA) is 176 Å². The number of alkyl halides is 2. The number of hydrogen-bond donors (Lipinski definition) is 5. The fourth-order valence-corrected chi connectivity index (χ4v) is 4.12. The van der Waals surface area contributed by atoms with Crippen molar-refractivity contribution < 1.29 is 71.8 Å². The zero-order chi connectivity index (χ0) is 38.7. The molecule has 0 aliphatic heterocycles. The van der Waals surface area contributed by atoms with E-state index in [1.807, 2.05) is 0 Å². The zero-order valence-corrected chi connectivity index (χ0v) is 31.9. The van der Waals surface area contributed by atoms with Crippen molar-refractivity contribution in [1.29, 1.82) is 0 Å². The number of nitrogens with one attached hydrogen (secondary N) is 1. The van der Waals surface area contributed by atoms with Crippen molar-refractivity contribution in [2.45, 2.75) is 101 Å². The number of aliphatic hydroxyl groups excluding tert-OH is 4. The molecule has 0 heterocycles. The first-order valence-corrected chi connectivity index (χ1v) is 17.7. The van der Waals surface area contributed by atoms with Crippen molar-refractivity contribution in [1.82, 2.24) is 5.32 Å². The monoisotopic (exact) mass is 749 g/mol. The molecule has 0 saturated carbocycles. The summed E-state index contributed by atoms with van der Waals surface area (Å²) in [6.45, 7) is 12.7. The Morgan fingerprint density at radius 1 is 0.627 bits per heavy atom. The third-order valence-electron chi connectivity index (χ3n) is 7.76. The molecule has 14 nitrogen and oxygen atoms in total. The van der Waals surface area contributed by atoms with Gasteiger partial charge in [-0.2, -0.15) is 0 Å². The van der Waals surface area contributed by atoms with Gasteiger partial charge in [0, 0.05) is 32.8 Å². The van der Waals surface area contributed by atoms with E-state index in [1.165, 1.54) is 27.8 Å². The third-order valence-corrected chi connectivity index (χ3v) is 7.76. The molecule has 0 bridgehead atoms. The molecule has 0 amide bonds. The van der Waals surface area contributed by atoms with Gasteiger partial charge in [0.05, 0.1) is 84.9 Å². The van der Waals surface area contributed by atoms with Gasteiger partial charge in [-0.15, -0.1) is 6.58 Å². The van der Waals surface area contributed by atoms with Crippen molar-refractivity contribution >= 4 is 0 Å². The summed E-state index contributed by atoms with van der Waals surface area (Å²) in [4.78, 5) is 0. The van der Waals surface area contributed by atoms with Crippen molar-refractivity contribution in [3.63, 3.8) is 0 Å². The van der Waals surface area contributed by atoms with Gasteiger partial charge >= 0.3 is 0 Å². The second kappa shape index (κ2) is 28.5. The molecule has 5 N–H and O–H groups in total. The molecular weight excluding hydrogens is 680 g/mol. The van der Waals surface area contributed by atoms with E-state index >= 15 is 8.78 Å². The molecule has 306 valence electrons. The maximum atomic E-state index is 15.9. The maximum absolute atomic E-state index is 15.9. The van der Waals surface area contributed by atoms with Crippen LogP contribution in [0.5, 0.6) is 0 Å². The molecule has 0 radical (unpaired) electrons. The van der Waals surface area contributed by atoms with Gasteiger partial charge in [0.15, 0.2) is 11.4 Å². The Kier molecular flexibility index (Phi) is 27.9. The van der Waals surface area contributed by atoms with E-state index in [2.05, 4.69) is 11.9 Å². The van der Waals surface area contributed by atoms with Crippen LogP contribution in [-0.2, 0) is 42.6 Å². The fourth-order valence-electron chi connectivity index (χ4n) is 4.12. The number of rotatable bonds is 37. The molecule has 6 unspecified atom stereocenters. The Morgan fingerprint density at radius 2 is 1.16 bits per heavy atom. The van der Waals surface area contributed by atoms with Gasteiger partial charge in [0.2, 0.25) is 5.85 Å². The zero-order valence-electron chi connectivity index (χ0n) is 31.9. The van der Waals surface area contributed by atoms with E-state index in [1.54, 1.807) is 19.9 Å². The highest BCUT2D eigenvalue weighted by Gasteiger charge is 2.47. The molecule has 16 heteroatoms. The molecule has 0 spiro atoms. The molecule has 0 aromatic carbocycles. The Morgan fingerprint density at radius 3 is 1.73 bits per heavy atom. The number of hydrogen-bond acceptors (Lipinski definition) is 14. The van der Waals surface area contributed by atoms with Crippen LogP contribution in [0.1, 0.15) is 60.3 Å².